The third kappa shape index (κ3) is 1.20. The Kier molecular flexibility index (Phi) is 1.88. The summed E-state index contributed by atoms with van der Waals surface area (Å²) in [5.41, 5.74) is 0. The Morgan fingerprint density at radius 1 is 1.50 bits per heavy atom. The lowest BCUT2D eigenvalue weighted by Gasteiger charge is -1.86. The van der Waals surface area contributed by atoms with Crippen LogP contribution >= 0.6 is 20.7 Å². The first-order chi connectivity index (χ1) is 3.00. The summed E-state index contributed by atoms with van der Waals surface area (Å²) in [6.45, 7) is 0. The first-order valence-corrected chi connectivity index (χ1v) is 4.41. The van der Waals surface area contributed by atoms with Crippen molar-refractivity contribution in [3.63, 3.8) is 0 Å². The van der Waals surface area contributed by atoms with E-state index >= 15 is 0 Å². The molecule has 6 heavy (non-hydrogen) atoms. The maximum absolute atomic E-state index is 2.29. The third-order valence-corrected chi connectivity index (χ3v) is 2.44. The topological polar surface area (TPSA) is 0 Å². The van der Waals surface area contributed by atoms with E-state index in [4.69, 9.17) is 0 Å². The Labute approximate surface area is 48.0 Å². The number of allylic oxidation sites excluding steroid dienone is 1. The fourth-order valence-corrected chi connectivity index (χ4v) is 1.74. The van der Waals surface area contributed by atoms with Crippen LogP contribution in [0.25, 0.3) is 0 Å². The Bertz CT molecular complexity index is 69.9. The lowest BCUT2D eigenvalue weighted by Crippen LogP contribution is -1.72. The molecule has 1 heteroatoms. The van der Waals surface area contributed by atoms with Crippen LogP contribution in [-0.2, 0) is 0 Å². The third-order valence-electron chi connectivity index (χ3n) is 0.596. The molecule has 1 radical (unpaired) electrons. The average Bonchev–Trinajstić information content (AvgIpc) is 1.72. The predicted molar refractivity (Wildman–Crippen MR) is 38.1 cm³/mol. The van der Waals surface area contributed by atoms with E-state index in [1.54, 1.807) is 0 Å². The predicted octanol–water partition coefficient (Wildman–Crippen LogP) is 1.88. The van der Waals surface area contributed by atoms with Crippen molar-refractivity contribution >= 4 is 24.7 Å². The summed E-state index contributed by atoms with van der Waals surface area (Å²) in [5.74, 6) is 0. The first kappa shape index (κ1) is 4.50. The summed E-state index contributed by atoms with van der Waals surface area (Å²) in [7, 11) is 0. The Morgan fingerprint density at radius 3 is 2.67 bits per heavy atom. The molecule has 0 fully saturated rings. The standard InChI is InChI=1S/C5H6I/c1-2-4-6-5-3-1/h2-5H,1H2. The molecule has 1 aliphatic heterocycles. The molecule has 0 saturated heterocycles. The van der Waals surface area contributed by atoms with Gasteiger partial charge in [0, 0.05) is 0 Å². The molecular formula is C5H6I. The van der Waals surface area contributed by atoms with Crippen molar-refractivity contribution < 1.29 is 0 Å². The lowest BCUT2D eigenvalue weighted by molar-refractivity contribution is 1.36. The van der Waals surface area contributed by atoms with E-state index in [1.807, 2.05) is 0 Å². The van der Waals surface area contributed by atoms with Crippen molar-refractivity contribution in [2.75, 3.05) is 0 Å². The van der Waals surface area contributed by atoms with Crippen molar-refractivity contribution in [2.24, 2.45) is 0 Å². The molecule has 0 amide bonds. The summed E-state index contributed by atoms with van der Waals surface area (Å²) in [6.07, 6.45) is 5.63. The van der Waals surface area contributed by atoms with Crippen LogP contribution in [0.3, 0.4) is 0 Å². The molecule has 0 N–H and O–H groups in total. The van der Waals surface area contributed by atoms with Gasteiger partial charge in [0.2, 0.25) is 0 Å². The van der Waals surface area contributed by atoms with Crippen LogP contribution in [0.4, 0.5) is 0 Å². The van der Waals surface area contributed by atoms with Gasteiger partial charge in [-0.25, -0.2) is 0 Å². The minimum atomic E-state index is 0.354. The molecule has 0 saturated carbocycles. The van der Waals surface area contributed by atoms with Crippen molar-refractivity contribution in [3.05, 3.63) is 16.6 Å². The maximum Gasteiger partial charge on any atom is -0.00714 e. The highest BCUT2D eigenvalue weighted by Crippen LogP contribution is 2.05. The van der Waals surface area contributed by atoms with Gasteiger partial charge in [-0.3, -0.25) is 0 Å². The summed E-state index contributed by atoms with van der Waals surface area (Å²) >= 11 is 0.354. The maximum atomic E-state index is 2.29. The summed E-state index contributed by atoms with van der Waals surface area (Å²) in [5, 5.41) is 0. The van der Waals surface area contributed by atoms with Crippen LogP contribution in [0.1, 0.15) is 6.42 Å². The molecule has 0 atom stereocenters. The normalized spacial score (nSPS) is 20.0. The monoisotopic (exact) mass is 193 g/mol. The smallest absolute Gasteiger partial charge is 0.00714 e. The second-order valence-corrected chi connectivity index (χ2v) is 3.24. The number of hydrogen-bond acceptors (Lipinski definition) is 0. The van der Waals surface area contributed by atoms with Gasteiger partial charge in [-0.2, -0.15) is 0 Å². The molecule has 33 valence electrons. The number of halogens is 1. The van der Waals surface area contributed by atoms with Crippen LogP contribution in [0, 0.1) is 6.42 Å². The number of rotatable bonds is 0. The van der Waals surface area contributed by atoms with Gasteiger partial charge in [-0.15, -0.1) is 0 Å². The van der Waals surface area contributed by atoms with Crippen LogP contribution in [0.15, 0.2) is 10.2 Å². The summed E-state index contributed by atoms with van der Waals surface area (Å²) < 4.78 is 4.58. The Balaban J connectivity index is 2.46. The van der Waals surface area contributed by atoms with Crippen LogP contribution < -0.4 is 0 Å². The van der Waals surface area contributed by atoms with Crippen molar-refractivity contribution in [1.82, 2.24) is 0 Å². The van der Waals surface area contributed by atoms with Crippen LogP contribution in [0.5, 0.6) is 0 Å². The largest absolute Gasteiger partial charge is 0.0982 e. The fraction of sp³-hybridized carbons (Fsp3) is 0.200. The van der Waals surface area contributed by atoms with Crippen LogP contribution in [0.2, 0.25) is 0 Å². The SMILES string of the molecule is [CH]1C=IC=CC1. The van der Waals surface area contributed by atoms with Gasteiger partial charge in [0.25, 0.3) is 0 Å². The highest BCUT2D eigenvalue weighted by atomic mass is 127. The van der Waals surface area contributed by atoms with E-state index in [9.17, 15) is 0 Å². The molecule has 0 unspecified atom stereocenters. The zero-order valence-corrected chi connectivity index (χ0v) is 5.55. The van der Waals surface area contributed by atoms with Crippen LogP contribution in [-0.4, -0.2) is 4.01 Å². The molecule has 0 aliphatic carbocycles. The second kappa shape index (κ2) is 2.50. The van der Waals surface area contributed by atoms with Gasteiger partial charge in [0.1, 0.15) is 0 Å². The van der Waals surface area contributed by atoms with E-state index in [2.05, 4.69) is 20.6 Å². The fourth-order valence-electron chi connectivity index (χ4n) is 0.326. The van der Waals surface area contributed by atoms with Gasteiger partial charge in [0.15, 0.2) is 0 Å². The van der Waals surface area contributed by atoms with E-state index in [0.717, 1.165) is 0 Å². The molecule has 1 rings (SSSR count). The molecule has 1 heterocycles. The van der Waals surface area contributed by atoms with E-state index in [-0.39, 0.29) is 0 Å². The zero-order chi connectivity index (χ0) is 4.24. The molecule has 0 aromatic carbocycles. The zero-order valence-electron chi connectivity index (χ0n) is 3.39. The molecule has 0 aromatic rings. The molecule has 1 aliphatic rings. The molecule has 0 aromatic heterocycles. The molecular weight excluding hydrogens is 187 g/mol. The lowest BCUT2D eigenvalue weighted by atomic mass is 10.3. The molecule has 0 nitrogen and oxygen atoms in total. The van der Waals surface area contributed by atoms with Crippen molar-refractivity contribution in [1.29, 1.82) is 0 Å². The minimum Gasteiger partial charge on any atom is -0.0982 e. The molecule has 0 spiro atoms. The minimum absolute atomic E-state index is 0.354. The highest BCUT2D eigenvalue weighted by Gasteiger charge is 1.78. The van der Waals surface area contributed by atoms with Crippen molar-refractivity contribution in [3.8, 4) is 0 Å². The van der Waals surface area contributed by atoms with Gasteiger partial charge in [-0.05, 0) is 20.9 Å². The van der Waals surface area contributed by atoms with E-state index < -0.39 is 0 Å². The van der Waals surface area contributed by atoms with Gasteiger partial charge < -0.3 is 0 Å². The molecule has 0 bridgehead atoms. The van der Waals surface area contributed by atoms with Gasteiger partial charge in [-0.1, -0.05) is 26.8 Å². The van der Waals surface area contributed by atoms with Gasteiger partial charge >= 0.3 is 0 Å². The number of hydrogen-bond donors (Lipinski definition) is 0. The van der Waals surface area contributed by atoms with E-state index in [0.29, 0.717) is 20.7 Å². The quantitative estimate of drug-likeness (QED) is 0.515. The summed E-state index contributed by atoms with van der Waals surface area (Å²) in [6, 6.07) is 0. The average molecular weight is 193 g/mol. The Morgan fingerprint density at radius 2 is 2.50 bits per heavy atom. The van der Waals surface area contributed by atoms with Crippen molar-refractivity contribution in [2.45, 2.75) is 6.42 Å². The Hall–Kier alpha value is 0.340. The van der Waals surface area contributed by atoms with E-state index in [1.165, 1.54) is 6.42 Å². The second-order valence-electron chi connectivity index (χ2n) is 1.09. The van der Waals surface area contributed by atoms with Gasteiger partial charge in [0.05, 0.1) is 0 Å². The first-order valence-electron chi connectivity index (χ1n) is 1.92. The highest BCUT2D eigenvalue weighted by molar-refractivity contribution is 14.2. The summed E-state index contributed by atoms with van der Waals surface area (Å²) in [4.78, 5) is 0.